The topological polar surface area (TPSA) is 52.1 Å². The highest BCUT2D eigenvalue weighted by Gasteiger charge is 2.25. The molecule has 0 bridgehead atoms. The molecule has 1 aliphatic heterocycles. The Morgan fingerprint density at radius 2 is 2.35 bits per heavy atom. The number of aliphatic hydroxyl groups is 1. The minimum Gasteiger partial charge on any atom is -0.390 e. The third kappa shape index (κ3) is 3.07. The van der Waals surface area contributed by atoms with E-state index in [1.54, 1.807) is 0 Å². The predicted molar refractivity (Wildman–Crippen MR) is 67.7 cm³/mol. The molecule has 1 atom stereocenters. The van der Waals surface area contributed by atoms with Crippen LogP contribution < -0.4 is 0 Å². The molecule has 0 amide bonds. The Kier molecular flexibility index (Phi) is 4.18. The molecule has 4 nitrogen and oxygen atoms in total. The van der Waals surface area contributed by atoms with Crippen molar-refractivity contribution in [1.29, 1.82) is 0 Å². The largest absolute Gasteiger partial charge is 0.390 e. The van der Waals surface area contributed by atoms with E-state index in [0.29, 0.717) is 12.1 Å². The van der Waals surface area contributed by atoms with E-state index >= 15 is 0 Å². The number of aromatic amines is 1. The van der Waals surface area contributed by atoms with Crippen LogP contribution in [0.15, 0.2) is 6.07 Å². The Labute approximate surface area is 103 Å². The molecule has 1 aliphatic rings. The normalized spacial score (nSPS) is 22.2. The second kappa shape index (κ2) is 5.65. The number of piperidine rings is 1. The fraction of sp³-hybridized carbons (Fsp3) is 0.769. The molecule has 2 N–H and O–H groups in total. The summed E-state index contributed by atoms with van der Waals surface area (Å²) in [5.74, 6) is 0. The maximum Gasteiger partial charge on any atom is 0.0847 e. The summed E-state index contributed by atoms with van der Waals surface area (Å²) >= 11 is 0. The summed E-state index contributed by atoms with van der Waals surface area (Å²) in [7, 11) is 0. The van der Waals surface area contributed by atoms with Gasteiger partial charge in [-0.1, -0.05) is 6.42 Å². The standard InChI is InChI=1S/C13H23N3O/c1-10(2)16-6-4-3-5-13(16)8-11-7-12(9-17)15-14-11/h7,10,13,17H,3-6,8-9H2,1-2H3,(H,14,15). The average molecular weight is 237 g/mol. The monoisotopic (exact) mass is 237 g/mol. The van der Waals surface area contributed by atoms with E-state index < -0.39 is 0 Å². The van der Waals surface area contributed by atoms with E-state index in [0.717, 1.165) is 17.8 Å². The van der Waals surface area contributed by atoms with Crippen LogP contribution in [0.5, 0.6) is 0 Å². The summed E-state index contributed by atoms with van der Waals surface area (Å²) in [6.45, 7) is 5.79. The minimum atomic E-state index is 0.0472. The van der Waals surface area contributed by atoms with Gasteiger partial charge >= 0.3 is 0 Å². The van der Waals surface area contributed by atoms with Crippen molar-refractivity contribution in [3.05, 3.63) is 17.5 Å². The summed E-state index contributed by atoms with van der Waals surface area (Å²) in [6.07, 6.45) is 4.90. The van der Waals surface area contributed by atoms with Gasteiger partial charge in [-0.15, -0.1) is 0 Å². The number of nitrogens with one attached hydrogen (secondary N) is 1. The van der Waals surface area contributed by atoms with Crippen LogP contribution >= 0.6 is 0 Å². The van der Waals surface area contributed by atoms with Gasteiger partial charge in [0.05, 0.1) is 18.0 Å². The summed E-state index contributed by atoms with van der Waals surface area (Å²) in [5.41, 5.74) is 1.89. The SMILES string of the molecule is CC(C)N1CCCCC1Cc1cc(CO)[nH]n1. The van der Waals surface area contributed by atoms with Crippen molar-refractivity contribution in [1.82, 2.24) is 15.1 Å². The lowest BCUT2D eigenvalue weighted by atomic mass is 9.96. The second-order valence-electron chi connectivity index (χ2n) is 5.23. The molecule has 2 heterocycles. The lowest BCUT2D eigenvalue weighted by molar-refractivity contribution is 0.111. The number of aliphatic hydroxyl groups excluding tert-OH is 1. The number of hydrogen-bond donors (Lipinski definition) is 2. The number of H-pyrrole nitrogens is 1. The van der Waals surface area contributed by atoms with E-state index in [1.807, 2.05) is 6.07 Å². The first kappa shape index (κ1) is 12.6. The van der Waals surface area contributed by atoms with Crippen molar-refractivity contribution in [2.24, 2.45) is 0 Å². The van der Waals surface area contributed by atoms with Crippen molar-refractivity contribution in [2.75, 3.05) is 6.54 Å². The number of hydrogen-bond acceptors (Lipinski definition) is 3. The van der Waals surface area contributed by atoms with Gasteiger partial charge in [0.25, 0.3) is 0 Å². The first-order valence-electron chi connectivity index (χ1n) is 6.60. The maximum absolute atomic E-state index is 9.02. The zero-order chi connectivity index (χ0) is 12.3. The summed E-state index contributed by atoms with van der Waals surface area (Å²) in [6, 6.07) is 3.20. The van der Waals surface area contributed by atoms with Crippen molar-refractivity contribution in [3.63, 3.8) is 0 Å². The Bertz CT molecular complexity index is 348. The van der Waals surface area contributed by atoms with Crippen molar-refractivity contribution in [3.8, 4) is 0 Å². The fourth-order valence-corrected chi connectivity index (χ4v) is 2.76. The Balaban J connectivity index is 2.00. The molecular weight excluding hydrogens is 214 g/mol. The van der Waals surface area contributed by atoms with E-state index in [-0.39, 0.29) is 6.61 Å². The highest BCUT2D eigenvalue weighted by atomic mass is 16.3. The van der Waals surface area contributed by atoms with E-state index in [1.165, 1.54) is 25.8 Å². The molecule has 1 saturated heterocycles. The highest BCUT2D eigenvalue weighted by molar-refractivity contribution is 5.09. The number of nitrogens with zero attached hydrogens (tertiary/aromatic N) is 2. The van der Waals surface area contributed by atoms with Crippen LogP contribution in [-0.2, 0) is 13.0 Å². The molecule has 17 heavy (non-hydrogen) atoms. The number of rotatable bonds is 4. The van der Waals surface area contributed by atoms with Gasteiger partial charge in [0, 0.05) is 18.5 Å². The lowest BCUT2D eigenvalue weighted by Gasteiger charge is -2.38. The zero-order valence-electron chi connectivity index (χ0n) is 10.8. The van der Waals surface area contributed by atoms with Crippen LogP contribution in [0, 0.1) is 0 Å². The van der Waals surface area contributed by atoms with Gasteiger partial charge in [-0.05, 0) is 39.3 Å². The van der Waals surface area contributed by atoms with Gasteiger partial charge in [-0.25, -0.2) is 0 Å². The molecule has 0 aromatic carbocycles. The highest BCUT2D eigenvalue weighted by Crippen LogP contribution is 2.22. The van der Waals surface area contributed by atoms with Crippen LogP contribution in [0.2, 0.25) is 0 Å². The van der Waals surface area contributed by atoms with Gasteiger partial charge in [-0.3, -0.25) is 10.00 Å². The minimum absolute atomic E-state index is 0.0472. The van der Waals surface area contributed by atoms with E-state index in [9.17, 15) is 0 Å². The smallest absolute Gasteiger partial charge is 0.0847 e. The Morgan fingerprint density at radius 3 is 3.00 bits per heavy atom. The third-order valence-corrected chi connectivity index (χ3v) is 3.64. The molecule has 1 unspecified atom stereocenters. The second-order valence-corrected chi connectivity index (χ2v) is 5.23. The third-order valence-electron chi connectivity index (χ3n) is 3.64. The average Bonchev–Trinajstić information content (AvgIpc) is 2.77. The summed E-state index contributed by atoms with van der Waals surface area (Å²) in [5, 5.41) is 16.1. The van der Waals surface area contributed by atoms with Gasteiger partial charge in [0.2, 0.25) is 0 Å². The number of likely N-dealkylation sites (tertiary alicyclic amines) is 1. The molecule has 0 spiro atoms. The molecule has 2 rings (SSSR count). The van der Waals surface area contributed by atoms with Gasteiger partial charge in [0.15, 0.2) is 0 Å². The molecule has 1 fully saturated rings. The van der Waals surface area contributed by atoms with Crippen molar-refractivity contribution < 1.29 is 5.11 Å². The summed E-state index contributed by atoms with van der Waals surface area (Å²) < 4.78 is 0. The predicted octanol–water partition coefficient (Wildman–Crippen LogP) is 1.71. The maximum atomic E-state index is 9.02. The first-order chi connectivity index (χ1) is 8.20. The molecule has 0 aliphatic carbocycles. The summed E-state index contributed by atoms with van der Waals surface area (Å²) in [4.78, 5) is 2.58. The van der Waals surface area contributed by atoms with Gasteiger partial charge < -0.3 is 5.11 Å². The van der Waals surface area contributed by atoms with Crippen molar-refractivity contribution >= 4 is 0 Å². The van der Waals surface area contributed by atoms with Crippen LogP contribution in [0.1, 0.15) is 44.5 Å². The Hall–Kier alpha value is -0.870. The molecule has 0 saturated carbocycles. The molecule has 1 aromatic heterocycles. The van der Waals surface area contributed by atoms with E-state index in [2.05, 4.69) is 28.9 Å². The van der Waals surface area contributed by atoms with Crippen LogP contribution in [0.3, 0.4) is 0 Å². The van der Waals surface area contributed by atoms with E-state index in [4.69, 9.17) is 5.11 Å². The Morgan fingerprint density at radius 1 is 1.53 bits per heavy atom. The number of aromatic nitrogens is 2. The quantitative estimate of drug-likeness (QED) is 0.838. The van der Waals surface area contributed by atoms with Gasteiger partial charge in [0.1, 0.15) is 0 Å². The van der Waals surface area contributed by atoms with Gasteiger partial charge in [-0.2, -0.15) is 5.10 Å². The van der Waals surface area contributed by atoms with Crippen LogP contribution in [-0.4, -0.2) is 38.8 Å². The molecule has 0 radical (unpaired) electrons. The van der Waals surface area contributed by atoms with Crippen LogP contribution in [0.25, 0.3) is 0 Å². The lowest BCUT2D eigenvalue weighted by Crippen LogP contribution is -2.45. The van der Waals surface area contributed by atoms with Crippen molar-refractivity contribution in [2.45, 2.75) is 58.2 Å². The first-order valence-corrected chi connectivity index (χ1v) is 6.60. The molecule has 1 aromatic rings. The molecular formula is C13H23N3O. The molecule has 4 heteroatoms. The molecule has 96 valence electrons. The van der Waals surface area contributed by atoms with Crippen LogP contribution in [0.4, 0.5) is 0 Å². The zero-order valence-corrected chi connectivity index (χ0v) is 10.8. The fourth-order valence-electron chi connectivity index (χ4n) is 2.76.